The number of imidazole rings is 1. The number of para-hydroxylation sites is 2. The third-order valence-corrected chi connectivity index (χ3v) is 3.24. The van der Waals surface area contributed by atoms with E-state index < -0.39 is 0 Å². The molecule has 1 aromatic heterocycles. The fourth-order valence-electron chi connectivity index (χ4n) is 2.38. The normalized spacial score (nSPS) is 10.9. The molecule has 0 aliphatic rings. The van der Waals surface area contributed by atoms with Crippen LogP contribution in [0.2, 0.25) is 0 Å². The molecule has 3 rings (SSSR count). The minimum Gasteiger partial charge on any atom is -0.492 e. The van der Waals surface area contributed by atoms with Gasteiger partial charge in [-0.15, -0.1) is 0 Å². The zero-order valence-electron chi connectivity index (χ0n) is 11.6. The quantitative estimate of drug-likeness (QED) is 0.792. The Morgan fingerprint density at radius 2 is 2.00 bits per heavy atom. The molecule has 102 valence electrons. The van der Waals surface area contributed by atoms with Gasteiger partial charge in [-0.25, -0.2) is 4.98 Å². The van der Waals surface area contributed by atoms with E-state index in [0.29, 0.717) is 12.6 Å². The summed E-state index contributed by atoms with van der Waals surface area (Å²) in [5.74, 6) is 1.28. The van der Waals surface area contributed by atoms with E-state index in [1.54, 1.807) is 0 Å². The maximum absolute atomic E-state index is 6.10. The standard InChI is InChI=1S/C16H17N3O/c1-3-20-15-7-5-4-6-13(15)19-14-10-11(2)8-9-12(14)18-16(19)17/h4-10H,3H2,1-2H3,(H2,17,18). The number of nitrogens with two attached hydrogens (primary N) is 1. The van der Waals surface area contributed by atoms with Crippen LogP contribution in [0, 0.1) is 6.92 Å². The molecule has 0 saturated heterocycles. The molecule has 2 aromatic carbocycles. The van der Waals surface area contributed by atoms with E-state index in [9.17, 15) is 0 Å². The van der Waals surface area contributed by atoms with Crippen LogP contribution in [0.25, 0.3) is 16.7 Å². The van der Waals surface area contributed by atoms with Gasteiger partial charge in [0.15, 0.2) is 0 Å². The fraction of sp³-hybridized carbons (Fsp3) is 0.188. The molecule has 1 heterocycles. The van der Waals surface area contributed by atoms with Crippen molar-refractivity contribution in [3.05, 3.63) is 48.0 Å². The van der Waals surface area contributed by atoms with Crippen LogP contribution in [0.4, 0.5) is 5.95 Å². The number of nitrogen functional groups attached to an aromatic ring is 1. The van der Waals surface area contributed by atoms with Gasteiger partial charge in [-0.3, -0.25) is 4.57 Å². The molecule has 0 bridgehead atoms. The van der Waals surface area contributed by atoms with Crippen molar-refractivity contribution in [2.45, 2.75) is 13.8 Å². The SMILES string of the molecule is CCOc1ccccc1-n1c(N)nc2ccc(C)cc21. The van der Waals surface area contributed by atoms with E-state index in [0.717, 1.165) is 22.5 Å². The highest BCUT2D eigenvalue weighted by molar-refractivity contribution is 5.82. The number of aromatic nitrogens is 2. The molecule has 4 nitrogen and oxygen atoms in total. The van der Waals surface area contributed by atoms with Gasteiger partial charge >= 0.3 is 0 Å². The number of anilines is 1. The topological polar surface area (TPSA) is 53.1 Å². The van der Waals surface area contributed by atoms with Crippen molar-refractivity contribution in [2.24, 2.45) is 0 Å². The number of nitrogens with zero attached hydrogens (tertiary/aromatic N) is 2. The van der Waals surface area contributed by atoms with Gasteiger partial charge in [0.25, 0.3) is 0 Å². The first-order valence-electron chi connectivity index (χ1n) is 6.67. The third-order valence-electron chi connectivity index (χ3n) is 3.24. The van der Waals surface area contributed by atoms with Gasteiger partial charge in [0.05, 0.1) is 23.3 Å². The highest BCUT2D eigenvalue weighted by Crippen LogP contribution is 2.29. The Hall–Kier alpha value is -2.49. The zero-order chi connectivity index (χ0) is 14.1. The second kappa shape index (κ2) is 4.89. The van der Waals surface area contributed by atoms with E-state index in [-0.39, 0.29) is 0 Å². The summed E-state index contributed by atoms with van der Waals surface area (Å²) in [6.45, 7) is 4.64. The molecule has 0 radical (unpaired) electrons. The predicted molar refractivity (Wildman–Crippen MR) is 81.4 cm³/mol. The summed E-state index contributed by atoms with van der Waals surface area (Å²) in [4.78, 5) is 4.42. The molecule has 0 unspecified atom stereocenters. The Balaban J connectivity index is 2.29. The van der Waals surface area contributed by atoms with Crippen LogP contribution >= 0.6 is 0 Å². The largest absolute Gasteiger partial charge is 0.492 e. The van der Waals surface area contributed by atoms with E-state index in [1.807, 2.05) is 47.9 Å². The Bertz CT molecular complexity index is 762. The highest BCUT2D eigenvalue weighted by atomic mass is 16.5. The molecule has 0 atom stereocenters. The number of hydrogen-bond donors (Lipinski definition) is 1. The minimum absolute atomic E-state index is 0.470. The number of hydrogen-bond acceptors (Lipinski definition) is 3. The van der Waals surface area contributed by atoms with Gasteiger partial charge in [-0.05, 0) is 43.7 Å². The Kier molecular flexibility index (Phi) is 3.06. The monoisotopic (exact) mass is 267 g/mol. The number of benzene rings is 2. The van der Waals surface area contributed by atoms with Gasteiger partial charge in [-0.1, -0.05) is 18.2 Å². The summed E-state index contributed by atoms with van der Waals surface area (Å²) >= 11 is 0. The fourth-order valence-corrected chi connectivity index (χ4v) is 2.38. The van der Waals surface area contributed by atoms with Crippen LogP contribution in [-0.4, -0.2) is 16.2 Å². The average molecular weight is 267 g/mol. The molecule has 0 aliphatic heterocycles. The van der Waals surface area contributed by atoms with Gasteiger partial charge in [0, 0.05) is 0 Å². The number of ether oxygens (including phenoxy) is 1. The van der Waals surface area contributed by atoms with Gasteiger partial charge < -0.3 is 10.5 Å². The molecule has 0 fully saturated rings. The lowest BCUT2D eigenvalue weighted by Crippen LogP contribution is -2.04. The predicted octanol–water partition coefficient (Wildman–Crippen LogP) is 3.31. The second-order valence-corrected chi connectivity index (χ2v) is 4.70. The Labute approximate surface area is 117 Å². The van der Waals surface area contributed by atoms with Gasteiger partial charge in [-0.2, -0.15) is 0 Å². The van der Waals surface area contributed by atoms with E-state index in [2.05, 4.69) is 18.0 Å². The lowest BCUT2D eigenvalue weighted by Gasteiger charge is -2.12. The molecular formula is C16H17N3O. The summed E-state index contributed by atoms with van der Waals surface area (Å²) in [5, 5.41) is 0. The highest BCUT2D eigenvalue weighted by Gasteiger charge is 2.13. The first-order valence-corrected chi connectivity index (χ1v) is 6.67. The number of aryl methyl sites for hydroxylation is 1. The molecule has 0 aliphatic carbocycles. The zero-order valence-corrected chi connectivity index (χ0v) is 11.6. The van der Waals surface area contributed by atoms with Crippen LogP contribution < -0.4 is 10.5 Å². The van der Waals surface area contributed by atoms with Crippen LogP contribution in [-0.2, 0) is 0 Å². The smallest absolute Gasteiger partial charge is 0.206 e. The van der Waals surface area contributed by atoms with Crippen LogP contribution in [0.5, 0.6) is 5.75 Å². The van der Waals surface area contributed by atoms with Crippen molar-refractivity contribution < 1.29 is 4.74 Å². The van der Waals surface area contributed by atoms with Gasteiger partial charge in [0.1, 0.15) is 5.75 Å². The van der Waals surface area contributed by atoms with Crippen molar-refractivity contribution in [3.8, 4) is 11.4 Å². The molecule has 20 heavy (non-hydrogen) atoms. The summed E-state index contributed by atoms with van der Waals surface area (Å²) in [5.41, 5.74) is 10.1. The van der Waals surface area contributed by atoms with Crippen molar-refractivity contribution in [1.82, 2.24) is 9.55 Å². The van der Waals surface area contributed by atoms with Crippen LogP contribution in [0.1, 0.15) is 12.5 Å². The molecule has 0 amide bonds. The number of fused-ring (bicyclic) bond motifs is 1. The van der Waals surface area contributed by atoms with E-state index in [4.69, 9.17) is 10.5 Å². The molecule has 2 N–H and O–H groups in total. The average Bonchev–Trinajstić information content (AvgIpc) is 2.75. The van der Waals surface area contributed by atoms with Gasteiger partial charge in [0.2, 0.25) is 5.95 Å². The summed E-state index contributed by atoms with van der Waals surface area (Å²) < 4.78 is 7.63. The number of rotatable bonds is 3. The van der Waals surface area contributed by atoms with Crippen LogP contribution in [0.3, 0.4) is 0 Å². The lowest BCUT2D eigenvalue weighted by atomic mass is 10.2. The Morgan fingerprint density at radius 1 is 1.20 bits per heavy atom. The van der Waals surface area contributed by atoms with Crippen molar-refractivity contribution in [2.75, 3.05) is 12.3 Å². The first kappa shape index (κ1) is 12.5. The minimum atomic E-state index is 0.470. The molecular weight excluding hydrogens is 250 g/mol. The van der Waals surface area contributed by atoms with E-state index in [1.165, 1.54) is 5.56 Å². The molecule has 3 aromatic rings. The summed E-state index contributed by atoms with van der Waals surface area (Å²) in [6.07, 6.45) is 0. The third kappa shape index (κ3) is 1.99. The molecule has 0 saturated carbocycles. The summed E-state index contributed by atoms with van der Waals surface area (Å²) in [7, 11) is 0. The molecule has 4 heteroatoms. The van der Waals surface area contributed by atoms with Crippen molar-refractivity contribution in [1.29, 1.82) is 0 Å². The summed E-state index contributed by atoms with van der Waals surface area (Å²) in [6, 6.07) is 14.0. The van der Waals surface area contributed by atoms with Crippen molar-refractivity contribution >= 4 is 17.0 Å². The second-order valence-electron chi connectivity index (χ2n) is 4.70. The maximum Gasteiger partial charge on any atom is 0.206 e. The van der Waals surface area contributed by atoms with Crippen molar-refractivity contribution in [3.63, 3.8) is 0 Å². The molecule has 0 spiro atoms. The maximum atomic E-state index is 6.10. The lowest BCUT2D eigenvalue weighted by molar-refractivity contribution is 0.339. The van der Waals surface area contributed by atoms with E-state index >= 15 is 0 Å². The Morgan fingerprint density at radius 3 is 2.80 bits per heavy atom. The first-order chi connectivity index (χ1) is 9.70. The van der Waals surface area contributed by atoms with Crippen LogP contribution in [0.15, 0.2) is 42.5 Å².